The summed E-state index contributed by atoms with van der Waals surface area (Å²) in [7, 11) is -3.62. The van der Waals surface area contributed by atoms with Gasteiger partial charge in [0.1, 0.15) is 5.75 Å². The minimum absolute atomic E-state index is 0.0894. The third-order valence-corrected chi connectivity index (χ3v) is 5.62. The summed E-state index contributed by atoms with van der Waals surface area (Å²) in [5.41, 5.74) is 1.52. The van der Waals surface area contributed by atoms with Crippen LogP contribution in [0.15, 0.2) is 53.4 Å². The van der Waals surface area contributed by atoms with Crippen LogP contribution in [0, 0.1) is 0 Å². The van der Waals surface area contributed by atoms with Gasteiger partial charge < -0.3 is 20.3 Å². The Balaban J connectivity index is 1.64. The van der Waals surface area contributed by atoms with Crippen molar-refractivity contribution in [2.45, 2.75) is 23.5 Å². The summed E-state index contributed by atoms with van der Waals surface area (Å²) in [4.78, 5) is 22.1. The molecular weight excluding hydrogens is 388 g/mol. The van der Waals surface area contributed by atoms with E-state index >= 15 is 0 Å². The first-order valence-corrected chi connectivity index (χ1v) is 9.81. The number of hydrogen-bond acceptors (Lipinski definition) is 6. The van der Waals surface area contributed by atoms with Gasteiger partial charge in [-0.1, -0.05) is 24.3 Å². The van der Waals surface area contributed by atoms with Gasteiger partial charge in [-0.3, -0.25) is 0 Å². The van der Waals surface area contributed by atoms with Crippen LogP contribution in [0.4, 0.5) is 5.69 Å². The topological polar surface area (TPSA) is 142 Å². The van der Waals surface area contributed by atoms with Gasteiger partial charge in [0.15, 0.2) is 0 Å². The molecule has 0 aromatic heterocycles. The van der Waals surface area contributed by atoms with Gasteiger partial charge in [-0.15, -0.1) is 0 Å². The molecular formula is C18H18N2O7S. The number of hydrogen-bond donors (Lipinski definition) is 4. The molecule has 3 rings (SSSR count). The smallest absolute Gasteiger partial charge is 0.356 e. The van der Waals surface area contributed by atoms with Gasteiger partial charge in [-0.05, 0) is 30.2 Å². The van der Waals surface area contributed by atoms with Crippen molar-refractivity contribution in [3.05, 3.63) is 54.1 Å². The first-order valence-electron chi connectivity index (χ1n) is 8.33. The van der Waals surface area contributed by atoms with E-state index in [0.717, 1.165) is 5.56 Å². The lowest BCUT2D eigenvalue weighted by Gasteiger charge is -2.13. The quantitative estimate of drug-likeness (QED) is 0.474. The molecule has 0 amide bonds. The number of rotatable bonds is 8. The summed E-state index contributed by atoms with van der Waals surface area (Å²) in [6, 6.07) is 12.5. The van der Waals surface area contributed by atoms with Crippen LogP contribution in [0.25, 0.3) is 0 Å². The predicted molar refractivity (Wildman–Crippen MR) is 98.9 cm³/mol. The van der Waals surface area contributed by atoms with E-state index in [4.69, 9.17) is 14.9 Å². The highest BCUT2D eigenvalue weighted by molar-refractivity contribution is 7.89. The lowest BCUT2D eigenvalue weighted by Crippen LogP contribution is -2.35. The second-order valence-electron chi connectivity index (χ2n) is 6.20. The molecule has 10 heteroatoms. The minimum atomic E-state index is -3.62. The maximum Gasteiger partial charge on any atom is 0.356 e. The normalized spacial score (nSPS) is 15.7. The Labute approximate surface area is 161 Å². The molecule has 0 fully saturated rings. The first-order chi connectivity index (χ1) is 13.3. The van der Waals surface area contributed by atoms with E-state index in [9.17, 15) is 18.0 Å². The summed E-state index contributed by atoms with van der Waals surface area (Å²) >= 11 is 0. The number of fused-ring (bicyclic) bond motifs is 1. The maximum atomic E-state index is 12.3. The largest absolute Gasteiger partial charge is 0.478 e. The summed E-state index contributed by atoms with van der Waals surface area (Å²) in [5, 5.41) is 20.9. The van der Waals surface area contributed by atoms with Gasteiger partial charge in [0, 0.05) is 24.3 Å². The van der Waals surface area contributed by atoms with Crippen molar-refractivity contribution in [2.24, 2.45) is 0 Å². The number of anilines is 1. The number of carbonyl (C=O) groups is 2. The van der Waals surface area contributed by atoms with Crippen molar-refractivity contribution in [3.8, 4) is 5.75 Å². The van der Waals surface area contributed by atoms with Crippen molar-refractivity contribution in [2.75, 3.05) is 11.9 Å². The monoisotopic (exact) mass is 406 g/mol. The molecule has 0 aliphatic carbocycles. The SMILES string of the molecule is O=C(O)C(Oc1ccc2c(c1)NC(CNS(=O)(=O)c1ccccc1)C2)C(=O)O. The molecule has 1 aliphatic heterocycles. The van der Waals surface area contributed by atoms with E-state index in [2.05, 4.69) is 10.0 Å². The van der Waals surface area contributed by atoms with Gasteiger partial charge in [0.05, 0.1) is 4.90 Å². The van der Waals surface area contributed by atoms with E-state index < -0.39 is 28.1 Å². The molecule has 0 saturated carbocycles. The summed E-state index contributed by atoms with van der Waals surface area (Å²) < 4.78 is 32.2. The number of nitrogens with one attached hydrogen (secondary N) is 2. The zero-order chi connectivity index (χ0) is 20.3. The third kappa shape index (κ3) is 4.41. The number of carboxylic acids is 2. The second-order valence-corrected chi connectivity index (χ2v) is 7.97. The fourth-order valence-electron chi connectivity index (χ4n) is 2.84. The van der Waals surface area contributed by atoms with E-state index in [0.29, 0.717) is 12.1 Å². The molecule has 28 heavy (non-hydrogen) atoms. The predicted octanol–water partition coefficient (Wildman–Crippen LogP) is 0.918. The third-order valence-electron chi connectivity index (χ3n) is 4.18. The van der Waals surface area contributed by atoms with E-state index in [1.165, 1.54) is 24.3 Å². The molecule has 148 valence electrons. The van der Waals surface area contributed by atoms with Gasteiger partial charge in [0.25, 0.3) is 6.10 Å². The Morgan fingerprint density at radius 3 is 2.46 bits per heavy atom. The number of sulfonamides is 1. The van der Waals surface area contributed by atoms with E-state index in [1.807, 2.05) is 0 Å². The average molecular weight is 406 g/mol. The highest BCUT2D eigenvalue weighted by Gasteiger charge is 2.29. The fourth-order valence-corrected chi connectivity index (χ4v) is 3.94. The molecule has 0 radical (unpaired) electrons. The van der Waals surface area contributed by atoms with Crippen LogP contribution in [0.1, 0.15) is 5.56 Å². The molecule has 1 atom stereocenters. The minimum Gasteiger partial charge on any atom is -0.478 e. The lowest BCUT2D eigenvalue weighted by atomic mass is 10.1. The molecule has 2 aromatic carbocycles. The van der Waals surface area contributed by atoms with Crippen molar-refractivity contribution < 1.29 is 33.0 Å². The van der Waals surface area contributed by atoms with Crippen molar-refractivity contribution in [1.29, 1.82) is 0 Å². The lowest BCUT2D eigenvalue weighted by molar-refractivity contribution is -0.159. The molecule has 0 bridgehead atoms. The molecule has 0 saturated heterocycles. The number of benzene rings is 2. The second kappa shape index (κ2) is 7.87. The van der Waals surface area contributed by atoms with Gasteiger partial charge in [0.2, 0.25) is 10.0 Å². The molecule has 1 heterocycles. The summed E-state index contributed by atoms with van der Waals surface area (Å²) in [6.07, 6.45) is -1.46. The van der Waals surface area contributed by atoms with Crippen LogP contribution in [-0.4, -0.2) is 49.3 Å². The zero-order valence-electron chi connectivity index (χ0n) is 14.5. The maximum absolute atomic E-state index is 12.3. The van der Waals surface area contributed by atoms with Crippen LogP contribution < -0.4 is 14.8 Å². The summed E-state index contributed by atoms with van der Waals surface area (Å²) in [6.45, 7) is 0.148. The van der Waals surface area contributed by atoms with Crippen LogP contribution in [0.2, 0.25) is 0 Å². The molecule has 1 aliphatic rings. The Morgan fingerprint density at radius 2 is 1.82 bits per heavy atom. The highest BCUT2D eigenvalue weighted by Crippen LogP contribution is 2.30. The fraction of sp³-hybridized carbons (Fsp3) is 0.222. The van der Waals surface area contributed by atoms with Gasteiger partial charge in [-0.2, -0.15) is 0 Å². The Bertz CT molecular complexity index is 978. The molecule has 9 nitrogen and oxygen atoms in total. The molecule has 1 unspecified atom stereocenters. The van der Waals surface area contributed by atoms with Gasteiger partial charge >= 0.3 is 11.9 Å². The molecule has 0 spiro atoms. The van der Waals surface area contributed by atoms with Crippen molar-refractivity contribution in [1.82, 2.24) is 4.72 Å². The van der Waals surface area contributed by atoms with Crippen molar-refractivity contribution in [3.63, 3.8) is 0 Å². The standard InChI is InChI=1S/C18H18N2O7S/c21-17(22)16(18(23)24)27-13-7-6-11-8-12(20-15(11)9-13)10-19-28(25,26)14-4-2-1-3-5-14/h1-7,9,12,16,19-20H,8,10H2,(H,21,22)(H,23,24). The highest BCUT2D eigenvalue weighted by atomic mass is 32.2. The van der Waals surface area contributed by atoms with Crippen LogP contribution in [0.5, 0.6) is 5.75 Å². The zero-order valence-corrected chi connectivity index (χ0v) is 15.3. The Kier molecular flexibility index (Phi) is 5.52. The summed E-state index contributed by atoms with van der Waals surface area (Å²) in [5.74, 6) is -3.12. The number of aliphatic carboxylic acids is 2. The Hall–Kier alpha value is -3.11. The van der Waals surface area contributed by atoms with E-state index in [-0.39, 0.29) is 23.2 Å². The first kappa shape index (κ1) is 19.6. The number of ether oxygens (including phenoxy) is 1. The molecule has 4 N–H and O–H groups in total. The van der Waals surface area contributed by atoms with E-state index in [1.54, 1.807) is 24.3 Å². The number of carboxylic acid groups (broad SMARTS) is 2. The van der Waals surface area contributed by atoms with Gasteiger partial charge in [-0.25, -0.2) is 22.7 Å². The van der Waals surface area contributed by atoms with Crippen molar-refractivity contribution >= 4 is 27.6 Å². The average Bonchev–Trinajstić information content (AvgIpc) is 3.07. The van der Waals surface area contributed by atoms with Crippen LogP contribution >= 0.6 is 0 Å². The Morgan fingerprint density at radius 1 is 1.14 bits per heavy atom. The van der Waals surface area contributed by atoms with Crippen LogP contribution in [0.3, 0.4) is 0 Å². The molecule has 2 aromatic rings. The van der Waals surface area contributed by atoms with Crippen LogP contribution in [-0.2, 0) is 26.0 Å².